The minimum Gasteiger partial charge on any atom is -0.497 e. The van der Waals surface area contributed by atoms with Crippen molar-refractivity contribution < 1.29 is 32.2 Å². The molecule has 0 fully saturated rings. The highest BCUT2D eigenvalue weighted by Gasteiger charge is 2.31. The molecule has 2 rings (SSSR count). The van der Waals surface area contributed by atoms with Gasteiger partial charge in [-0.25, -0.2) is 4.79 Å². The summed E-state index contributed by atoms with van der Waals surface area (Å²) in [5.41, 5.74) is 0.834. The van der Waals surface area contributed by atoms with Gasteiger partial charge < -0.3 is 24.8 Å². The van der Waals surface area contributed by atoms with Crippen LogP contribution in [0, 0.1) is 0 Å². The Hall–Kier alpha value is -3.10. The first-order valence-corrected chi connectivity index (χ1v) is 7.87. The van der Waals surface area contributed by atoms with E-state index in [9.17, 15) is 18.0 Å². The summed E-state index contributed by atoms with van der Waals surface area (Å²) >= 11 is 0. The molecule has 0 spiro atoms. The van der Waals surface area contributed by atoms with Gasteiger partial charge in [-0.1, -0.05) is 6.07 Å². The molecule has 0 heterocycles. The molecule has 1 unspecified atom stereocenters. The molecule has 2 N–H and O–H groups in total. The second-order valence-electron chi connectivity index (χ2n) is 5.50. The van der Waals surface area contributed by atoms with Gasteiger partial charge in [-0.05, 0) is 37.3 Å². The van der Waals surface area contributed by atoms with Crippen LogP contribution in [0.2, 0.25) is 0 Å². The first-order chi connectivity index (χ1) is 12.7. The summed E-state index contributed by atoms with van der Waals surface area (Å²) in [7, 11) is 3.02. The van der Waals surface area contributed by atoms with E-state index in [-0.39, 0.29) is 5.69 Å². The maximum atomic E-state index is 12.3. The summed E-state index contributed by atoms with van der Waals surface area (Å²) < 4.78 is 51.1. The van der Waals surface area contributed by atoms with Crippen LogP contribution >= 0.6 is 0 Å². The van der Waals surface area contributed by atoms with E-state index >= 15 is 0 Å². The number of urea groups is 1. The number of nitrogens with one attached hydrogen (secondary N) is 2. The molecular formula is C18H19F3N2O4. The fraction of sp³-hybridized carbons (Fsp3) is 0.278. The number of carbonyl (C=O) groups excluding carboxylic acids is 1. The van der Waals surface area contributed by atoms with Crippen molar-refractivity contribution in [2.24, 2.45) is 0 Å². The molecule has 2 aromatic rings. The van der Waals surface area contributed by atoms with Crippen molar-refractivity contribution in [1.82, 2.24) is 5.32 Å². The van der Waals surface area contributed by atoms with Crippen LogP contribution in [0.5, 0.6) is 17.2 Å². The van der Waals surface area contributed by atoms with Gasteiger partial charge >= 0.3 is 12.4 Å². The van der Waals surface area contributed by atoms with Crippen molar-refractivity contribution in [3.63, 3.8) is 0 Å². The maximum Gasteiger partial charge on any atom is 0.573 e. The first-order valence-electron chi connectivity index (χ1n) is 7.87. The van der Waals surface area contributed by atoms with Gasteiger partial charge in [0.2, 0.25) is 0 Å². The summed E-state index contributed by atoms with van der Waals surface area (Å²) in [6.07, 6.45) is -4.81. The number of hydrogen-bond donors (Lipinski definition) is 2. The van der Waals surface area contributed by atoms with Crippen LogP contribution < -0.4 is 24.8 Å². The van der Waals surface area contributed by atoms with Gasteiger partial charge in [0, 0.05) is 17.3 Å². The van der Waals surface area contributed by atoms with Gasteiger partial charge in [-0.3, -0.25) is 0 Å². The fourth-order valence-corrected chi connectivity index (χ4v) is 2.39. The van der Waals surface area contributed by atoms with Crippen LogP contribution in [0.1, 0.15) is 18.5 Å². The number of methoxy groups -OCH3 is 2. The van der Waals surface area contributed by atoms with E-state index in [0.29, 0.717) is 17.1 Å². The molecule has 0 saturated heterocycles. The van der Waals surface area contributed by atoms with Gasteiger partial charge in [0.1, 0.15) is 17.2 Å². The molecule has 0 bridgehead atoms. The number of benzene rings is 2. The average Bonchev–Trinajstić information content (AvgIpc) is 2.59. The van der Waals surface area contributed by atoms with Crippen LogP contribution in [0.15, 0.2) is 42.5 Å². The van der Waals surface area contributed by atoms with E-state index in [1.54, 1.807) is 25.1 Å². The van der Waals surface area contributed by atoms with E-state index in [1.807, 2.05) is 0 Å². The molecule has 2 amide bonds. The lowest BCUT2D eigenvalue weighted by Gasteiger charge is -2.19. The molecule has 0 aliphatic carbocycles. The zero-order chi connectivity index (χ0) is 20.0. The number of hydrogen-bond acceptors (Lipinski definition) is 4. The lowest BCUT2D eigenvalue weighted by atomic mass is 10.1. The number of halogens is 3. The second-order valence-corrected chi connectivity index (χ2v) is 5.50. The van der Waals surface area contributed by atoms with E-state index in [1.165, 1.54) is 26.4 Å². The van der Waals surface area contributed by atoms with Crippen LogP contribution in [0.25, 0.3) is 0 Å². The molecule has 0 radical (unpaired) electrons. The minimum atomic E-state index is -4.81. The predicted octanol–water partition coefficient (Wildman–Crippen LogP) is 4.49. The van der Waals surface area contributed by atoms with Gasteiger partial charge in [0.05, 0.1) is 20.3 Å². The smallest absolute Gasteiger partial charge is 0.497 e. The third-order valence-electron chi connectivity index (χ3n) is 3.58. The lowest BCUT2D eigenvalue weighted by Crippen LogP contribution is -2.31. The monoisotopic (exact) mass is 384 g/mol. The molecular weight excluding hydrogens is 365 g/mol. The molecule has 2 aromatic carbocycles. The van der Waals surface area contributed by atoms with Crippen molar-refractivity contribution in [3.05, 3.63) is 48.0 Å². The highest BCUT2D eigenvalue weighted by molar-refractivity contribution is 5.89. The standard InChI is InChI=1S/C18H19F3N2O4/c1-11(15-10-13(25-2)7-8-16(15)26-3)22-17(24)23-12-5-4-6-14(9-12)27-18(19,20)21/h4-11H,1-3H3,(H2,22,23,24). The summed E-state index contributed by atoms with van der Waals surface area (Å²) in [4.78, 5) is 12.2. The number of ether oxygens (including phenoxy) is 3. The quantitative estimate of drug-likeness (QED) is 0.770. The number of rotatable bonds is 6. The Bertz CT molecular complexity index is 796. The Morgan fingerprint density at radius 1 is 1.04 bits per heavy atom. The average molecular weight is 384 g/mol. The Labute approximate surface area is 154 Å². The van der Waals surface area contributed by atoms with Crippen molar-refractivity contribution in [1.29, 1.82) is 0 Å². The summed E-state index contributed by atoms with van der Waals surface area (Å²) in [6, 6.07) is 9.10. The highest BCUT2D eigenvalue weighted by Crippen LogP contribution is 2.29. The van der Waals surface area contributed by atoms with Crippen LogP contribution in [0.4, 0.5) is 23.7 Å². The SMILES string of the molecule is COc1ccc(OC)c(C(C)NC(=O)Nc2cccc(OC(F)(F)F)c2)c1. The van der Waals surface area contributed by atoms with E-state index < -0.39 is 24.2 Å². The minimum absolute atomic E-state index is 0.152. The van der Waals surface area contributed by atoms with E-state index in [2.05, 4.69) is 15.4 Å². The van der Waals surface area contributed by atoms with Gasteiger partial charge in [0.15, 0.2) is 0 Å². The Kier molecular flexibility index (Phi) is 6.38. The summed E-state index contributed by atoms with van der Waals surface area (Å²) in [5.74, 6) is 0.726. The summed E-state index contributed by atoms with van der Waals surface area (Å²) in [5, 5.41) is 5.16. The van der Waals surface area contributed by atoms with Crippen LogP contribution in [-0.2, 0) is 0 Å². The number of anilines is 1. The third-order valence-corrected chi connectivity index (χ3v) is 3.58. The third kappa shape index (κ3) is 5.98. The van der Waals surface area contributed by atoms with Crippen molar-refractivity contribution in [2.75, 3.05) is 19.5 Å². The van der Waals surface area contributed by atoms with Crippen molar-refractivity contribution in [3.8, 4) is 17.2 Å². The Morgan fingerprint density at radius 2 is 1.78 bits per heavy atom. The molecule has 0 aliphatic heterocycles. The molecule has 1 atom stereocenters. The molecule has 9 heteroatoms. The highest BCUT2D eigenvalue weighted by atomic mass is 19.4. The topological polar surface area (TPSA) is 68.8 Å². The first kappa shape index (κ1) is 20.2. The van der Waals surface area contributed by atoms with Crippen LogP contribution in [0.3, 0.4) is 0 Å². The zero-order valence-corrected chi connectivity index (χ0v) is 14.9. The predicted molar refractivity (Wildman–Crippen MR) is 93.2 cm³/mol. The van der Waals surface area contributed by atoms with E-state index in [4.69, 9.17) is 9.47 Å². The van der Waals surface area contributed by atoms with E-state index in [0.717, 1.165) is 12.1 Å². The molecule has 0 aliphatic rings. The zero-order valence-electron chi connectivity index (χ0n) is 14.9. The molecule has 0 aromatic heterocycles. The largest absolute Gasteiger partial charge is 0.573 e. The molecule has 0 saturated carbocycles. The van der Waals surface area contributed by atoms with Gasteiger partial charge in [-0.2, -0.15) is 0 Å². The van der Waals surface area contributed by atoms with Gasteiger partial charge in [0.25, 0.3) is 0 Å². The van der Waals surface area contributed by atoms with Crippen LogP contribution in [-0.4, -0.2) is 26.6 Å². The molecule has 27 heavy (non-hydrogen) atoms. The number of amides is 2. The number of carbonyl (C=O) groups is 1. The lowest BCUT2D eigenvalue weighted by molar-refractivity contribution is -0.274. The second kappa shape index (κ2) is 8.52. The summed E-state index contributed by atoms with van der Waals surface area (Å²) in [6.45, 7) is 1.74. The van der Waals surface area contributed by atoms with Crippen molar-refractivity contribution in [2.45, 2.75) is 19.3 Å². The Balaban J connectivity index is 2.06. The fourth-order valence-electron chi connectivity index (χ4n) is 2.39. The maximum absolute atomic E-state index is 12.3. The normalized spacial score (nSPS) is 12.1. The van der Waals surface area contributed by atoms with Gasteiger partial charge in [-0.15, -0.1) is 13.2 Å². The molecule has 146 valence electrons. The molecule has 6 nitrogen and oxygen atoms in total. The van der Waals surface area contributed by atoms with Crippen molar-refractivity contribution >= 4 is 11.7 Å². The Morgan fingerprint density at radius 3 is 2.41 bits per heavy atom. The number of alkyl halides is 3.